The predicted octanol–water partition coefficient (Wildman–Crippen LogP) is 10.0. The van der Waals surface area contributed by atoms with Gasteiger partial charge in [-0.05, 0) is 91.6 Å². The zero-order valence-electron chi connectivity index (χ0n) is 26.7. The molecule has 47 heavy (non-hydrogen) atoms. The molecule has 5 nitrogen and oxygen atoms in total. The quantitative estimate of drug-likeness (QED) is 0.195. The van der Waals surface area contributed by atoms with Crippen LogP contribution in [0, 0.1) is 20.8 Å². The molecule has 0 saturated carbocycles. The Balaban J connectivity index is 1.23. The maximum atomic E-state index is 6.54. The first-order chi connectivity index (χ1) is 23.0. The highest BCUT2D eigenvalue weighted by molar-refractivity contribution is 6.10. The fraction of sp³-hybridized carbons (Fsp3) is 0.143. The van der Waals surface area contributed by atoms with E-state index in [0.717, 1.165) is 46.1 Å². The Bertz CT molecular complexity index is 2350. The molecular weight excluding hydrogens is 576 g/mol. The van der Waals surface area contributed by atoms with Gasteiger partial charge in [-0.25, -0.2) is 9.98 Å². The number of ether oxygens (including phenoxy) is 1. The Morgan fingerprint density at radius 3 is 2.32 bits per heavy atom. The van der Waals surface area contributed by atoms with Crippen molar-refractivity contribution in [2.24, 2.45) is 4.99 Å². The molecule has 0 spiro atoms. The van der Waals surface area contributed by atoms with Crippen molar-refractivity contribution in [1.82, 2.24) is 9.55 Å². The number of fused-ring (bicyclic) bond motifs is 6. The third-order valence-electron chi connectivity index (χ3n) is 9.67. The monoisotopic (exact) mass is 610 g/mol. The Morgan fingerprint density at radius 2 is 1.47 bits per heavy atom. The number of nitrogens with zero attached hydrogens (tertiary/aromatic N) is 4. The highest BCUT2D eigenvalue weighted by Crippen LogP contribution is 2.44. The van der Waals surface area contributed by atoms with E-state index in [1.165, 1.54) is 44.3 Å². The van der Waals surface area contributed by atoms with Crippen LogP contribution < -0.4 is 4.90 Å². The predicted molar refractivity (Wildman–Crippen MR) is 192 cm³/mol. The second-order valence-corrected chi connectivity index (χ2v) is 12.8. The summed E-state index contributed by atoms with van der Waals surface area (Å²) < 4.78 is 8.81. The molecule has 9 rings (SSSR count). The summed E-state index contributed by atoms with van der Waals surface area (Å²) in [5.41, 5.74) is 12.9. The summed E-state index contributed by atoms with van der Waals surface area (Å²) in [7, 11) is 0. The molecule has 5 aromatic carbocycles. The molecule has 0 N–H and O–H groups in total. The van der Waals surface area contributed by atoms with Gasteiger partial charge in [0, 0.05) is 40.3 Å². The average Bonchev–Trinajstić information content (AvgIpc) is 3.76. The SMILES string of the molecule is Cc1cc(C)c(N(c2cccc(C3=N[C@H]4c5ccccc5C[C@H]4O3)c2)c2ccc3c4ccccc4n(-c4ccccn4)c3c2)c(C)c1. The van der Waals surface area contributed by atoms with Gasteiger partial charge in [0.15, 0.2) is 0 Å². The molecular formula is C42H34N4O. The van der Waals surface area contributed by atoms with E-state index in [4.69, 9.17) is 14.7 Å². The smallest absolute Gasteiger partial charge is 0.217 e. The lowest BCUT2D eigenvalue weighted by Gasteiger charge is -2.29. The largest absolute Gasteiger partial charge is 0.471 e. The van der Waals surface area contributed by atoms with Crippen LogP contribution in [-0.4, -0.2) is 21.6 Å². The molecule has 1 aliphatic heterocycles. The number of hydrogen-bond donors (Lipinski definition) is 0. The highest BCUT2D eigenvalue weighted by Gasteiger charge is 2.39. The van der Waals surface area contributed by atoms with Gasteiger partial charge < -0.3 is 9.64 Å². The maximum absolute atomic E-state index is 6.54. The maximum Gasteiger partial charge on any atom is 0.217 e. The van der Waals surface area contributed by atoms with Crippen LogP contribution >= 0.6 is 0 Å². The first-order valence-corrected chi connectivity index (χ1v) is 16.3. The van der Waals surface area contributed by atoms with Crippen molar-refractivity contribution in [2.45, 2.75) is 39.3 Å². The summed E-state index contributed by atoms with van der Waals surface area (Å²) in [6.45, 7) is 6.58. The third-order valence-corrected chi connectivity index (χ3v) is 9.67. The average molecular weight is 611 g/mol. The molecule has 3 heterocycles. The second-order valence-electron chi connectivity index (χ2n) is 12.8. The topological polar surface area (TPSA) is 42.6 Å². The number of aryl methyl sites for hydroxylation is 3. The first kappa shape index (κ1) is 27.6. The lowest BCUT2D eigenvalue weighted by atomic mass is 10.0. The van der Waals surface area contributed by atoms with Crippen LogP contribution in [0.25, 0.3) is 27.6 Å². The Labute approximate surface area is 274 Å². The molecule has 2 aliphatic rings. The summed E-state index contributed by atoms with van der Waals surface area (Å²) in [6.07, 6.45) is 2.81. The molecule has 2 aromatic heterocycles. The van der Waals surface area contributed by atoms with Crippen molar-refractivity contribution in [2.75, 3.05) is 4.90 Å². The molecule has 228 valence electrons. The fourth-order valence-electron chi connectivity index (χ4n) is 7.78. The van der Waals surface area contributed by atoms with E-state index in [1.807, 2.05) is 18.3 Å². The molecule has 7 aromatic rings. The Morgan fingerprint density at radius 1 is 0.702 bits per heavy atom. The zero-order chi connectivity index (χ0) is 31.6. The van der Waals surface area contributed by atoms with Gasteiger partial charge in [-0.2, -0.15) is 0 Å². The number of para-hydroxylation sites is 1. The second kappa shape index (κ2) is 10.7. The summed E-state index contributed by atoms with van der Waals surface area (Å²) in [6, 6.07) is 43.3. The lowest BCUT2D eigenvalue weighted by Crippen LogP contribution is -2.15. The van der Waals surface area contributed by atoms with Crippen LogP contribution in [0.4, 0.5) is 17.1 Å². The summed E-state index contributed by atoms with van der Waals surface area (Å²) in [4.78, 5) is 12.3. The fourth-order valence-corrected chi connectivity index (χ4v) is 7.78. The van der Waals surface area contributed by atoms with E-state index >= 15 is 0 Å². The van der Waals surface area contributed by atoms with Crippen LogP contribution in [0.1, 0.15) is 39.4 Å². The van der Waals surface area contributed by atoms with Gasteiger partial charge >= 0.3 is 0 Å². The van der Waals surface area contributed by atoms with Gasteiger partial charge in [-0.1, -0.05) is 78.4 Å². The van der Waals surface area contributed by atoms with E-state index in [2.05, 4.69) is 139 Å². The van der Waals surface area contributed by atoms with Crippen LogP contribution in [0.15, 0.2) is 133 Å². The van der Waals surface area contributed by atoms with E-state index < -0.39 is 0 Å². The number of hydrogen-bond acceptors (Lipinski definition) is 4. The molecule has 1 aliphatic carbocycles. The number of benzene rings is 5. The van der Waals surface area contributed by atoms with E-state index in [0.29, 0.717) is 0 Å². The zero-order valence-corrected chi connectivity index (χ0v) is 26.7. The van der Waals surface area contributed by atoms with Crippen molar-refractivity contribution in [3.63, 3.8) is 0 Å². The van der Waals surface area contributed by atoms with Crippen molar-refractivity contribution in [1.29, 1.82) is 0 Å². The Hall–Kier alpha value is -5.68. The lowest BCUT2D eigenvalue weighted by molar-refractivity contribution is 0.206. The van der Waals surface area contributed by atoms with Gasteiger partial charge in [0.2, 0.25) is 5.90 Å². The molecule has 0 fully saturated rings. The van der Waals surface area contributed by atoms with Crippen LogP contribution in [0.5, 0.6) is 0 Å². The van der Waals surface area contributed by atoms with Crippen molar-refractivity contribution < 1.29 is 4.74 Å². The molecule has 0 bridgehead atoms. The van der Waals surface area contributed by atoms with E-state index in [9.17, 15) is 0 Å². The summed E-state index contributed by atoms with van der Waals surface area (Å²) in [5, 5.41) is 2.40. The highest BCUT2D eigenvalue weighted by atomic mass is 16.5. The van der Waals surface area contributed by atoms with Gasteiger partial charge in [0.1, 0.15) is 18.0 Å². The normalized spacial score (nSPS) is 16.6. The summed E-state index contributed by atoms with van der Waals surface area (Å²) >= 11 is 0. The van der Waals surface area contributed by atoms with Gasteiger partial charge in [0.05, 0.1) is 16.7 Å². The third kappa shape index (κ3) is 4.45. The minimum absolute atomic E-state index is 0.0541. The first-order valence-electron chi connectivity index (χ1n) is 16.3. The molecule has 0 saturated heterocycles. The number of aliphatic imine (C=N–C) groups is 1. The number of aromatic nitrogens is 2. The van der Waals surface area contributed by atoms with Crippen molar-refractivity contribution in [3.8, 4) is 5.82 Å². The van der Waals surface area contributed by atoms with E-state index in [-0.39, 0.29) is 12.1 Å². The van der Waals surface area contributed by atoms with Crippen LogP contribution in [-0.2, 0) is 11.2 Å². The molecule has 2 atom stereocenters. The van der Waals surface area contributed by atoms with Gasteiger partial charge in [-0.15, -0.1) is 0 Å². The number of pyridine rings is 1. The molecule has 0 amide bonds. The summed E-state index contributed by atoms with van der Waals surface area (Å²) in [5.74, 6) is 1.62. The van der Waals surface area contributed by atoms with E-state index in [1.54, 1.807) is 0 Å². The minimum Gasteiger partial charge on any atom is -0.471 e. The minimum atomic E-state index is 0.0541. The van der Waals surface area contributed by atoms with Crippen molar-refractivity contribution >= 4 is 44.8 Å². The van der Waals surface area contributed by atoms with Gasteiger partial charge in [-0.3, -0.25) is 4.57 Å². The van der Waals surface area contributed by atoms with Crippen LogP contribution in [0.3, 0.4) is 0 Å². The van der Waals surface area contributed by atoms with Gasteiger partial charge in [0.25, 0.3) is 0 Å². The molecule has 0 radical (unpaired) electrons. The molecule has 0 unspecified atom stereocenters. The molecule has 5 heteroatoms. The number of anilines is 3. The van der Waals surface area contributed by atoms with Crippen LogP contribution in [0.2, 0.25) is 0 Å². The standard InChI is InChI=1S/C42H34N4O/c1-26-21-27(2)41(28(3)22-26)45(31-13-10-12-30(23-31)42-44-40-33-14-5-4-11-29(33)24-38(40)47-42)32-18-19-35-34-15-6-7-16-36(34)46(37(35)25-32)39-17-8-9-20-43-39/h4-23,25,38,40H,24H2,1-3H3/t38-,40+/m1/s1. The number of rotatable bonds is 5. The van der Waals surface area contributed by atoms with Crippen molar-refractivity contribution in [3.05, 3.63) is 161 Å². The Kier molecular flexibility index (Phi) is 6.29.